The van der Waals surface area contributed by atoms with Crippen molar-refractivity contribution in [3.63, 3.8) is 0 Å². The molecule has 1 saturated heterocycles. The minimum atomic E-state index is -0.421. The first-order valence-electron chi connectivity index (χ1n) is 16.1. The number of fused-ring (bicyclic) bond motifs is 1. The second kappa shape index (κ2) is 16.9. The molecule has 1 heterocycles. The molecule has 5 aromatic rings. The summed E-state index contributed by atoms with van der Waals surface area (Å²) in [5, 5.41) is 2.41. The molecule has 0 aromatic heterocycles. The van der Waals surface area contributed by atoms with Crippen molar-refractivity contribution in [1.29, 1.82) is 0 Å². The second-order valence-corrected chi connectivity index (χ2v) is 12.9. The Morgan fingerprint density at radius 3 is 1.67 bits per heavy atom. The fourth-order valence-electron chi connectivity index (χ4n) is 5.80. The first-order valence-corrected chi connectivity index (χ1v) is 17.1. The van der Waals surface area contributed by atoms with Crippen molar-refractivity contribution >= 4 is 22.5 Å². The van der Waals surface area contributed by atoms with Crippen molar-refractivity contribution in [1.82, 2.24) is 0 Å². The molecular formula is C40H42O5S. The average Bonchev–Trinajstić information content (AvgIpc) is 3.11. The molecule has 6 rings (SSSR count). The van der Waals surface area contributed by atoms with Gasteiger partial charge in [0.25, 0.3) is 0 Å². The molecule has 238 valence electrons. The van der Waals surface area contributed by atoms with E-state index in [1.165, 1.54) is 10.8 Å². The van der Waals surface area contributed by atoms with Crippen LogP contribution in [0.15, 0.2) is 133 Å². The van der Waals surface area contributed by atoms with Gasteiger partial charge in [0.2, 0.25) is 0 Å². The summed E-state index contributed by atoms with van der Waals surface area (Å²) in [7, 11) is 0. The average molecular weight is 635 g/mol. The Balaban J connectivity index is 1.27. The normalized spacial score (nSPS) is 21.4. The molecule has 0 saturated carbocycles. The first kappa shape index (κ1) is 32.5. The van der Waals surface area contributed by atoms with E-state index >= 15 is 0 Å². The van der Waals surface area contributed by atoms with Crippen LogP contribution in [0.1, 0.15) is 29.2 Å². The van der Waals surface area contributed by atoms with Gasteiger partial charge in [0.15, 0.2) is 0 Å². The van der Waals surface area contributed by atoms with Crippen LogP contribution in [-0.2, 0) is 50.1 Å². The highest BCUT2D eigenvalue weighted by Crippen LogP contribution is 2.35. The number of hydrogen-bond donors (Lipinski definition) is 0. The SMILES string of the molecule is CCSC1O[C@H](COCc2ccccc2)[C@@H](OCc2ccccc2)[C@H](OCc2ccccc2)[C@H]1OCc1ccc2ccccc2c1. The van der Waals surface area contributed by atoms with Gasteiger partial charge in [-0.25, -0.2) is 0 Å². The number of benzene rings is 5. The van der Waals surface area contributed by atoms with E-state index in [-0.39, 0.29) is 17.6 Å². The molecule has 5 atom stereocenters. The van der Waals surface area contributed by atoms with Gasteiger partial charge in [-0.1, -0.05) is 134 Å². The fraction of sp³-hybridized carbons (Fsp3) is 0.300. The van der Waals surface area contributed by atoms with Crippen LogP contribution in [0.3, 0.4) is 0 Å². The van der Waals surface area contributed by atoms with E-state index in [2.05, 4.69) is 85.8 Å². The molecule has 5 aromatic carbocycles. The third-order valence-corrected chi connectivity index (χ3v) is 9.18. The zero-order valence-corrected chi connectivity index (χ0v) is 27.1. The van der Waals surface area contributed by atoms with Crippen LogP contribution in [-0.4, -0.2) is 42.2 Å². The fourth-order valence-corrected chi connectivity index (χ4v) is 6.77. The van der Waals surface area contributed by atoms with Gasteiger partial charge >= 0.3 is 0 Å². The summed E-state index contributed by atoms with van der Waals surface area (Å²) in [5.74, 6) is 0.874. The van der Waals surface area contributed by atoms with Gasteiger partial charge in [-0.05, 0) is 44.8 Å². The van der Waals surface area contributed by atoms with Crippen molar-refractivity contribution in [2.24, 2.45) is 0 Å². The van der Waals surface area contributed by atoms with Gasteiger partial charge in [-0.15, -0.1) is 11.8 Å². The molecule has 0 radical (unpaired) electrons. The smallest absolute Gasteiger partial charge is 0.132 e. The quantitative estimate of drug-likeness (QED) is 0.115. The van der Waals surface area contributed by atoms with Crippen molar-refractivity contribution in [2.75, 3.05) is 12.4 Å². The lowest BCUT2D eigenvalue weighted by atomic mass is 9.98. The number of rotatable bonds is 15. The molecule has 0 amide bonds. The summed E-state index contributed by atoms with van der Waals surface area (Å²) in [5.41, 5.74) is 4.16. The molecule has 46 heavy (non-hydrogen) atoms. The van der Waals surface area contributed by atoms with Gasteiger partial charge in [-0.2, -0.15) is 0 Å². The van der Waals surface area contributed by atoms with Gasteiger partial charge in [0.05, 0.1) is 33.0 Å². The molecule has 0 N–H and O–H groups in total. The van der Waals surface area contributed by atoms with E-state index in [1.807, 2.05) is 54.6 Å². The Hall–Kier alpha value is -3.49. The first-order chi connectivity index (χ1) is 22.8. The number of thioether (sulfide) groups is 1. The minimum absolute atomic E-state index is 0.256. The van der Waals surface area contributed by atoms with Crippen molar-refractivity contribution in [2.45, 2.75) is 63.2 Å². The highest BCUT2D eigenvalue weighted by molar-refractivity contribution is 7.99. The van der Waals surface area contributed by atoms with Crippen molar-refractivity contribution in [3.8, 4) is 0 Å². The molecule has 6 heteroatoms. The molecule has 0 bridgehead atoms. The van der Waals surface area contributed by atoms with Gasteiger partial charge < -0.3 is 23.7 Å². The minimum Gasteiger partial charge on any atom is -0.374 e. The van der Waals surface area contributed by atoms with Gasteiger partial charge in [0, 0.05) is 0 Å². The summed E-state index contributed by atoms with van der Waals surface area (Å²) < 4.78 is 33.4. The Morgan fingerprint density at radius 1 is 0.522 bits per heavy atom. The summed E-state index contributed by atoms with van der Waals surface area (Å²) in [6.45, 7) is 4.32. The number of ether oxygens (including phenoxy) is 5. The molecule has 1 fully saturated rings. The Bertz CT molecular complexity index is 1600. The van der Waals surface area contributed by atoms with E-state index in [0.717, 1.165) is 28.0 Å². The topological polar surface area (TPSA) is 46.2 Å². The van der Waals surface area contributed by atoms with Crippen LogP contribution in [0.25, 0.3) is 10.8 Å². The van der Waals surface area contributed by atoms with Crippen LogP contribution in [0.2, 0.25) is 0 Å². The van der Waals surface area contributed by atoms with Crippen molar-refractivity contribution < 1.29 is 23.7 Å². The molecule has 5 nitrogen and oxygen atoms in total. The van der Waals surface area contributed by atoms with E-state index < -0.39 is 12.2 Å². The maximum absolute atomic E-state index is 6.83. The van der Waals surface area contributed by atoms with Crippen LogP contribution >= 0.6 is 11.8 Å². The van der Waals surface area contributed by atoms with E-state index in [1.54, 1.807) is 11.8 Å². The zero-order valence-electron chi connectivity index (χ0n) is 26.3. The largest absolute Gasteiger partial charge is 0.374 e. The zero-order chi connectivity index (χ0) is 31.4. The predicted octanol–water partition coefficient (Wildman–Crippen LogP) is 8.59. The molecule has 0 aliphatic carbocycles. The lowest BCUT2D eigenvalue weighted by Gasteiger charge is -2.46. The van der Waals surface area contributed by atoms with E-state index in [4.69, 9.17) is 23.7 Å². The highest BCUT2D eigenvalue weighted by atomic mass is 32.2. The molecular weight excluding hydrogens is 593 g/mol. The Kier molecular flexibility index (Phi) is 11.9. The maximum atomic E-state index is 6.83. The lowest BCUT2D eigenvalue weighted by Crippen LogP contribution is -2.60. The second-order valence-electron chi connectivity index (χ2n) is 11.5. The van der Waals surface area contributed by atoms with Gasteiger partial charge in [0.1, 0.15) is 29.9 Å². The van der Waals surface area contributed by atoms with E-state index in [9.17, 15) is 0 Å². The highest BCUT2D eigenvalue weighted by Gasteiger charge is 2.48. The summed E-state index contributed by atoms with van der Waals surface area (Å²) in [6.07, 6.45) is -1.54. The van der Waals surface area contributed by atoms with Crippen LogP contribution in [0, 0.1) is 0 Å². The summed E-state index contributed by atoms with van der Waals surface area (Å²) >= 11 is 1.74. The maximum Gasteiger partial charge on any atom is 0.132 e. The molecule has 1 unspecified atom stereocenters. The van der Waals surface area contributed by atoms with Crippen LogP contribution in [0.5, 0.6) is 0 Å². The summed E-state index contributed by atoms with van der Waals surface area (Å²) in [4.78, 5) is 0. The standard InChI is InChI=1S/C40H42O5S/c1-2-46-40-39(44-28-33-22-23-34-20-12-13-21-35(34)24-33)38(43-27-32-18-10-5-11-19-32)37(42-26-31-16-8-4-9-17-31)36(45-40)29-41-25-30-14-6-3-7-15-30/h3-24,36-40H,2,25-29H2,1H3/t36-,37-,38+,39-,40?/m1/s1. The number of hydrogen-bond acceptors (Lipinski definition) is 6. The molecule has 0 spiro atoms. The van der Waals surface area contributed by atoms with Crippen LogP contribution in [0.4, 0.5) is 0 Å². The third-order valence-electron chi connectivity index (χ3n) is 8.14. The van der Waals surface area contributed by atoms with E-state index in [0.29, 0.717) is 33.0 Å². The monoisotopic (exact) mass is 634 g/mol. The van der Waals surface area contributed by atoms with Gasteiger partial charge in [-0.3, -0.25) is 0 Å². The summed E-state index contributed by atoms with van der Waals surface area (Å²) in [6, 6.07) is 45.6. The van der Waals surface area contributed by atoms with Crippen LogP contribution < -0.4 is 0 Å². The Labute approximate surface area is 276 Å². The third kappa shape index (κ3) is 8.85. The molecule has 1 aliphatic rings. The van der Waals surface area contributed by atoms with Crippen molar-refractivity contribution in [3.05, 3.63) is 156 Å². The Morgan fingerprint density at radius 2 is 1.04 bits per heavy atom. The molecule has 1 aliphatic heterocycles. The lowest BCUT2D eigenvalue weighted by molar-refractivity contribution is -0.254. The predicted molar refractivity (Wildman–Crippen MR) is 185 cm³/mol.